The second-order valence-corrected chi connectivity index (χ2v) is 8.66. The molecule has 4 rings (SSSR count). The number of fused-ring (bicyclic) bond motifs is 3. The first-order valence-electron chi connectivity index (χ1n) is 11.1. The Labute approximate surface area is 202 Å². The van der Waals surface area contributed by atoms with Crippen LogP contribution in [-0.2, 0) is 9.59 Å². The van der Waals surface area contributed by atoms with Gasteiger partial charge in [-0.15, -0.1) is 10.2 Å². The van der Waals surface area contributed by atoms with Crippen molar-refractivity contribution >= 4 is 29.1 Å². The predicted octanol–water partition coefficient (Wildman–Crippen LogP) is 4.73. The lowest BCUT2D eigenvalue weighted by Gasteiger charge is -2.15. The number of carbonyl (C=O) groups excluding carboxylic acids is 1. The number of carboxylic acid groups (broad SMARTS) is 1. The molecular formula is C25H25ClN4O4. The van der Waals surface area contributed by atoms with Gasteiger partial charge < -0.3 is 9.84 Å². The van der Waals surface area contributed by atoms with Crippen molar-refractivity contribution in [2.24, 2.45) is 4.99 Å². The highest BCUT2D eigenvalue weighted by Gasteiger charge is 2.29. The van der Waals surface area contributed by atoms with Gasteiger partial charge >= 0.3 is 5.97 Å². The van der Waals surface area contributed by atoms with Crippen LogP contribution in [0.5, 0.6) is 5.75 Å². The molecular weight excluding hydrogens is 456 g/mol. The molecule has 1 aliphatic heterocycles. The van der Waals surface area contributed by atoms with Crippen LogP contribution in [0.1, 0.15) is 61.4 Å². The maximum atomic E-state index is 12.1. The van der Waals surface area contributed by atoms with Crippen LogP contribution in [0.15, 0.2) is 47.5 Å². The summed E-state index contributed by atoms with van der Waals surface area (Å²) in [6, 6.07) is 12.6. The van der Waals surface area contributed by atoms with E-state index in [0.29, 0.717) is 47.6 Å². The van der Waals surface area contributed by atoms with Gasteiger partial charge in [-0.05, 0) is 57.0 Å². The summed E-state index contributed by atoms with van der Waals surface area (Å²) in [5.74, 6) is 1.15. The number of unbranched alkanes of at least 4 members (excludes halogenated alkanes) is 1. The first-order valence-corrected chi connectivity index (χ1v) is 11.5. The molecule has 0 saturated heterocycles. The molecule has 0 saturated carbocycles. The topological polar surface area (TPSA) is 107 Å². The Morgan fingerprint density at radius 3 is 2.59 bits per heavy atom. The van der Waals surface area contributed by atoms with Gasteiger partial charge in [-0.3, -0.25) is 19.1 Å². The van der Waals surface area contributed by atoms with Crippen molar-refractivity contribution in [3.05, 3.63) is 70.3 Å². The zero-order valence-electron chi connectivity index (χ0n) is 19.0. The molecule has 0 spiro atoms. The van der Waals surface area contributed by atoms with Gasteiger partial charge in [0.05, 0.1) is 18.0 Å². The van der Waals surface area contributed by atoms with Crippen LogP contribution in [0.2, 0.25) is 5.02 Å². The third-order valence-corrected chi connectivity index (χ3v) is 5.80. The zero-order chi connectivity index (χ0) is 24.2. The number of benzene rings is 2. The smallest absolute Gasteiger partial charge is 0.303 e. The van der Waals surface area contributed by atoms with Gasteiger partial charge in [0.1, 0.15) is 23.4 Å². The highest BCUT2D eigenvalue weighted by molar-refractivity contribution is 6.30. The molecule has 1 aliphatic rings. The Morgan fingerprint density at radius 1 is 1.12 bits per heavy atom. The fourth-order valence-corrected chi connectivity index (χ4v) is 4.11. The number of nitrogens with zero attached hydrogens (tertiary/aromatic N) is 4. The summed E-state index contributed by atoms with van der Waals surface area (Å²) in [5, 5.41) is 18.0. The summed E-state index contributed by atoms with van der Waals surface area (Å²) >= 11 is 6.12. The summed E-state index contributed by atoms with van der Waals surface area (Å²) in [6.07, 6.45) is 1.51. The highest BCUT2D eigenvalue weighted by atomic mass is 35.5. The molecule has 8 nitrogen and oxygen atoms in total. The lowest BCUT2D eigenvalue weighted by atomic mass is 10.00. The lowest BCUT2D eigenvalue weighted by Crippen LogP contribution is -2.09. The average Bonchev–Trinajstić information content (AvgIpc) is 3.11. The Bertz CT molecular complexity index is 1250. The second kappa shape index (κ2) is 10.2. The van der Waals surface area contributed by atoms with Crippen LogP contribution >= 0.6 is 11.6 Å². The van der Waals surface area contributed by atoms with E-state index < -0.39 is 12.0 Å². The van der Waals surface area contributed by atoms with Crippen LogP contribution in [0.4, 0.5) is 0 Å². The maximum Gasteiger partial charge on any atom is 0.303 e. The molecule has 1 aromatic heterocycles. The molecule has 0 radical (unpaired) electrons. The Hall–Kier alpha value is -3.52. The second-order valence-electron chi connectivity index (χ2n) is 8.23. The van der Waals surface area contributed by atoms with Gasteiger partial charge in [0.25, 0.3) is 0 Å². The van der Waals surface area contributed by atoms with Crippen molar-refractivity contribution in [3.63, 3.8) is 0 Å². The normalized spacial score (nSPS) is 14.6. The predicted molar refractivity (Wildman–Crippen MR) is 128 cm³/mol. The first-order chi connectivity index (χ1) is 16.3. The summed E-state index contributed by atoms with van der Waals surface area (Å²) in [4.78, 5) is 27.8. The molecule has 176 valence electrons. The van der Waals surface area contributed by atoms with E-state index in [0.717, 1.165) is 16.8 Å². The Balaban J connectivity index is 1.77. The number of aliphatic carboxylic acids is 1. The monoisotopic (exact) mass is 480 g/mol. The quantitative estimate of drug-likeness (QED) is 0.443. The molecule has 34 heavy (non-hydrogen) atoms. The van der Waals surface area contributed by atoms with Crippen LogP contribution < -0.4 is 4.74 Å². The Morgan fingerprint density at radius 2 is 1.88 bits per heavy atom. The number of Topliss-reactive ketones (excluding diaryl/α,β-unsaturated/α-hetero) is 1. The van der Waals surface area contributed by atoms with Crippen LogP contribution in [0, 0.1) is 6.92 Å². The minimum absolute atomic E-state index is 0.00717. The summed E-state index contributed by atoms with van der Waals surface area (Å²) < 4.78 is 7.86. The molecule has 0 amide bonds. The summed E-state index contributed by atoms with van der Waals surface area (Å²) in [5.41, 5.74) is 3.23. The van der Waals surface area contributed by atoms with E-state index in [1.807, 2.05) is 41.8 Å². The molecule has 2 aromatic carbocycles. The number of halogens is 1. The van der Waals surface area contributed by atoms with Crippen molar-refractivity contribution in [1.29, 1.82) is 0 Å². The average molecular weight is 481 g/mol. The number of hydrogen-bond donors (Lipinski definition) is 1. The molecule has 3 aromatic rings. The van der Waals surface area contributed by atoms with Gasteiger partial charge in [-0.2, -0.15) is 0 Å². The number of rotatable bonds is 9. The SMILES string of the molecule is CC(=O)C[C@@H]1N=C(c2ccc(Cl)cc2)c2cc(OCCCCC(=O)O)ccc2-n2c(C)nnc21. The molecule has 0 fully saturated rings. The van der Waals surface area contributed by atoms with Gasteiger partial charge in [0.2, 0.25) is 0 Å². The number of hydrogen-bond acceptors (Lipinski definition) is 6. The standard InChI is InChI=1S/C25H25ClN4O4/c1-15(31)13-21-25-29-28-16(2)30(25)22-11-10-19(34-12-4-3-5-23(32)33)14-20(22)24(27-21)17-6-8-18(26)9-7-17/h6-11,14,21H,3-5,12-13H2,1-2H3,(H,32,33)/t21-/m0/s1. The maximum absolute atomic E-state index is 12.1. The number of aliphatic imine (C=N–C) groups is 1. The van der Waals surface area contributed by atoms with Crippen molar-refractivity contribution in [2.45, 2.75) is 45.6 Å². The first kappa shape index (κ1) is 23.6. The molecule has 2 heterocycles. The van der Waals surface area contributed by atoms with Gasteiger partial charge in [0.15, 0.2) is 5.82 Å². The van der Waals surface area contributed by atoms with E-state index in [2.05, 4.69) is 10.2 Å². The lowest BCUT2D eigenvalue weighted by molar-refractivity contribution is -0.137. The molecule has 1 N–H and O–H groups in total. The number of ether oxygens (including phenoxy) is 1. The molecule has 9 heteroatoms. The summed E-state index contributed by atoms with van der Waals surface area (Å²) in [7, 11) is 0. The van der Waals surface area contributed by atoms with E-state index in [1.54, 1.807) is 19.1 Å². The third-order valence-electron chi connectivity index (χ3n) is 5.55. The van der Waals surface area contributed by atoms with Crippen molar-refractivity contribution in [1.82, 2.24) is 14.8 Å². The largest absolute Gasteiger partial charge is 0.494 e. The number of aryl methyl sites for hydroxylation is 1. The zero-order valence-corrected chi connectivity index (χ0v) is 19.7. The molecule has 0 aliphatic carbocycles. The van der Waals surface area contributed by atoms with Crippen molar-refractivity contribution < 1.29 is 19.4 Å². The van der Waals surface area contributed by atoms with E-state index in [1.165, 1.54) is 0 Å². The minimum Gasteiger partial charge on any atom is -0.494 e. The van der Waals surface area contributed by atoms with Gasteiger partial charge in [0, 0.05) is 29.0 Å². The number of carbonyl (C=O) groups is 2. The van der Waals surface area contributed by atoms with E-state index in [4.69, 9.17) is 26.4 Å². The number of carboxylic acids is 1. The number of ketones is 1. The Kier molecular flexibility index (Phi) is 7.07. The number of aromatic nitrogens is 3. The van der Waals surface area contributed by atoms with E-state index in [9.17, 15) is 9.59 Å². The summed E-state index contributed by atoms with van der Waals surface area (Å²) in [6.45, 7) is 3.81. The van der Waals surface area contributed by atoms with E-state index in [-0.39, 0.29) is 18.6 Å². The molecule has 0 bridgehead atoms. The van der Waals surface area contributed by atoms with E-state index >= 15 is 0 Å². The highest BCUT2D eigenvalue weighted by Crippen LogP contribution is 2.34. The van der Waals surface area contributed by atoms with Crippen molar-refractivity contribution in [3.8, 4) is 11.4 Å². The molecule has 1 atom stereocenters. The van der Waals surface area contributed by atoms with Gasteiger partial charge in [-0.1, -0.05) is 23.7 Å². The molecule has 0 unspecified atom stereocenters. The fraction of sp³-hybridized carbons (Fsp3) is 0.320. The van der Waals surface area contributed by atoms with Crippen LogP contribution in [-0.4, -0.2) is 43.9 Å². The fourth-order valence-electron chi connectivity index (χ4n) is 3.98. The minimum atomic E-state index is -0.811. The van der Waals surface area contributed by atoms with Crippen LogP contribution in [0.25, 0.3) is 5.69 Å². The third kappa shape index (κ3) is 5.17. The van der Waals surface area contributed by atoms with Crippen molar-refractivity contribution in [2.75, 3.05) is 6.61 Å². The van der Waals surface area contributed by atoms with Gasteiger partial charge in [-0.25, -0.2) is 0 Å². The van der Waals surface area contributed by atoms with Crippen LogP contribution in [0.3, 0.4) is 0 Å².